The van der Waals surface area contributed by atoms with Gasteiger partial charge in [-0.3, -0.25) is 0 Å². The molecule has 0 unspecified atom stereocenters. The van der Waals surface area contributed by atoms with E-state index < -0.39 is 36.1 Å². The van der Waals surface area contributed by atoms with Gasteiger partial charge in [-0.25, -0.2) is 23.2 Å². The molecule has 0 atom stereocenters. The zero-order valence-electron chi connectivity index (χ0n) is 16.2. The number of anilines is 2. The number of halogens is 5. The van der Waals surface area contributed by atoms with Crippen LogP contribution >= 0.6 is 0 Å². The van der Waals surface area contributed by atoms with E-state index in [-0.39, 0.29) is 18.0 Å². The van der Waals surface area contributed by atoms with Gasteiger partial charge in [-0.15, -0.1) is 0 Å². The van der Waals surface area contributed by atoms with Gasteiger partial charge in [0, 0.05) is 12.6 Å². The van der Waals surface area contributed by atoms with E-state index in [2.05, 4.69) is 26.0 Å². The van der Waals surface area contributed by atoms with E-state index in [4.69, 9.17) is 5.11 Å². The molecule has 1 aromatic carbocycles. The van der Waals surface area contributed by atoms with Crippen LogP contribution in [-0.4, -0.2) is 39.1 Å². The van der Waals surface area contributed by atoms with E-state index in [9.17, 15) is 26.7 Å². The number of aromatic nitrogens is 3. The Balaban J connectivity index is 1.73. The minimum atomic E-state index is -4.80. The number of carbonyl (C=O) groups is 1. The lowest BCUT2D eigenvalue weighted by Gasteiger charge is -2.10. The number of pyridine rings is 1. The predicted molar refractivity (Wildman–Crippen MR) is 104 cm³/mol. The first kappa shape index (κ1) is 22.9. The molecule has 32 heavy (non-hydrogen) atoms. The number of rotatable bonds is 7. The van der Waals surface area contributed by atoms with E-state index in [0.29, 0.717) is 34.9 Å². The summed E-state index contributed by atoms with van der Waals surface area (Å²) in [4.78, 5) is 16.1. The number of amides is 2. The summed E-state index contributed by atoms with van der Waals surface area (Å²) < 4.78 is 67.1. The molecular weight excluding hydrogens is 439 g/mol. The van der Waals surface area contributed by atoms with Crippen LogP contribution in [0, 0.1) is 11.6 Å². The lowest BCUT2D eigenvalue weighted by Crippen LogP contribution is -2.29. The van der Waals surface area contributed by atoms with Crippen molar-refractivity contribution in [1.29, 1.82) is 0 Å². The molecule has 3 rings (SSSR count). The highest BCUT2D eigenvalue weighted by Gasteiger charge is 2.35. The average molecular weight is 456 g/mol. The lowest BCUT2D eigenvalue weighted by molar-refractivity contribution is -0.141. The SMILES string of the molecule is O=C(NCc1cc(C(F)(F)F)nn1-c1cc(F)cc(F)c1)Nc1ccc(NCCO)nc1. The van der Waals surface area contributed by atoms with Gasteiger partial charge in [0.2, 0.25) is 0 Å². The molecule has 2 heterocycles. The Morgan fingerprint density at radius 3 is 2.41 bits per heavy atom. The maximum atomic E-state index is 13.5. The number of hydrogen-bond donors (Lipinski definition) is 4. The van der Waals surface area contributed by atoms with Crippen LogP contribution < -0.4 is 16.0 Å². The Morgan fingerprint density at radius 2 is 1.81 bits per heavy atom. The molecule has 0 spiro atoms. The molecule has 2 aromatic heterocycles. The van der Waals surface area contributed by atoms with Crippen molar-refractivity contribution in [3.8, 4) is 5.69 Å². The van der Waals surface area contributed by atoms with Crippen molar-refractivity contribution in [2.45, 2.75) is 12.7 Å². The summed E-state index contributed by atoms with van der Waals surface area (Å²) in [6.07, 6.45) is -3.47. The summed E-state index contributed by atoms with van der Waals surface area (Å²) in [5, 5.41) is 19.8. The van der Waals surface area contributed by atoms with Crippen molar-refractivity contribution in [3.05, 3.63) is 65.6 Å². The van der Waals surface area contributed by atoms with Crippen molar-refractivity contribution in [3.63, 3.8) is 0 Å². The van der Waals surface area contributed by atoms with Crippen LogP contribution in [0.2, 0.25) is 0 Å². The molecule has 0 radical (unpaired) electrons. The molecule has 0 saturated heterocycles. The van der Waals surface area contributed by atoms with Crippen LogP contribution in [-0.2, 0) is 12.7 Å². The third-order valence-electron chi connectivity index (χ3n) is 4.03. The van der Waals surface area contributed by atoms with Gasteiger partial charge < -0.3 is 21.1 Å². The monoisotopic (exact) mass is 456 g/mol. The summed E-state index contributed by atoms with van der Waals surface area (Å²) >= 11 is 0. The minimum absolute atomic E-state index is 0.0843. The summed E-state index contributed by atoms with van der Waals surface area (Å²) in [6.45, 7) is -0.210. The van der Waals surface area contributed by atoms with Crippen LogP contribution in [0.3, 0.4) is 0 Å². The molecule has 0 aliphatic rings. The van der Waals surface area contributed by atoms with E-state index >= 15 is 0 Å². The molecule has 0 aliphatic heterocycles. The molecule has 0 bridgehead atoms. The Bertz CT molecular complexity index is 1060. The Hall–Kier alpha value is -3.74. The number of aliphatic hydroxyl groups is 1. The van der Waals surface area contributed by atoms with Gasteiger partial charge in [-0.1, -0.05) is 0 Å². The average Bonchev–Trinajstić information content (AvgIpc) is 3.16. The van der Waals surface area contributed by atoms with Crippen molar-refractivity contribution >= 4 is 17.5 Å². The number of alkyl halides is 3. The highest BCUT2D eigenvalue weighted by molar-refractivity contribution is 5.89. The zero-order valence-corrected chi connectivity index (χ0v) is 16.2. The number of aliphatic hydroxyl groups excluding tert-OH is 1. The van der Waals surface area contributed by atoms with Crippen LogP contribution in [0.25, 0.3) is 5.69 Å². The normalized spacial score (nSPS) is 11.3. The molecule has 4 N–H and O–H groups in total. The number of nitrogens with zero attached hydrogens (tertiary/aromatic N) is 3. The standard InChI is InChI=1S/C19H17F5N6O2/c20-11-5-12(21)7-14(6-11)30-15(8-16(29-30)19(22,23)24)10-27-18(32)28-13-1-2-17(26-9-13)25-3-4-31/h1-2,5-9,31H,3-4,10H2,(H,25,26)(H2,27,28,32). The van der Waals surface area contributed by atoms with Gasteiger partial charge in [-0.2, -0.15) is 18.3 Å². The maximum Gasteiger partial charge on any atom is 0.435 e. The lowest BCUT2D eigenvalue weighted by atomic mass is 10.3. The smallest absolute Gasteiger partial charge is 0.395 e. The summed E-state index contributed by atoms with van der Waals surface area (Å²) in [7, 11) is 0. The quantitative estimate of drug-likeness (QED) is 0.409. The number of nitrogens with one attached hydrogen (secondary N) is 3. The third kappa shape index (κ3) is 5.91. The summed E-state index contributed by atoms with van der Waals surface area (Å²) in [6, 6.07) is 5.20. The number of carbonyl (C=O) groups excluding carboxylic acids is 1. The molecule has 0 saturated carbocycles. The summed E-state index contributed by atoms with van der Waals surface area (Å²) in [5.41, 5.74) is -1.41. The summed E-state index contributed by atoms with van der Waals surface area (Å²) in [5.74, 6) is -1.52. The molecule has 170 valence electrons. The maximum absolute atomic E-state index is 13.5. The van der Waals surface area contributed by atoms with Crippen LogP contribution in [0.1, 0.15) is 11.4 Å². The van der Waals surface area contributed by atoms with Crippen molar-refractivity contribution in [1.82, 2.24) is 20.1 Å². The van der Waals surface area contributed by atoms with Crippen LogP contribution in [0.4, 0.5) is 38.3 Å². The predicted octanol–water partition coefficient (Wildman–Crippen LogP) is 3.29. The Morgan fingerprint density at radius 1 is 1.09 bits per heavy atom. The molecule has 3 aromatic rings. The topological polar surface area (TPSA) is 104 Å². The first-order valence-corrected chi connectivity index (χ1v) is 9.14. The van der Waals surface area contributed by atoms with Crippen molar-refractivity contribution < 1.29 is 31.9 Å². The van der Waals surface area contributed by atoms with E-state index in [1.165, 1.54) is 12.3 Å². The van der Waals surface area contributed by atoms with Gasteiger partial charge >= 0.3 is 12.2 Å². The zero-order chi connectivity index (χ0) is 23.3. The van der Waals surface area contributed by atoms with Crippen molar-refractivity contribution in [2.24, 2.45) is 0 Å². The number of benzene rings is 1. The van der Waals surface area contributed by atoms with Crippen molar-refractivity contribution in [2.75, 3.05) is 23.8 Å². The molecule has 0 aliphatic carbocycles. The largest absolute Gasteiger partial charge is 0.435 e. The van der Waals surface area contributed by atoms with Gasteiger partial charge in [0.15, 0.2) is 5.69 Å². The second kappa shape index (κ2) is 9.60. The fourth-order valence-corrected chi connectivity index (χ4v) is 2.67. The van der Waals surface area contributed by atoms with E-state index in [1.54, 1.807) is 6.07 Å². The Kier molecular flexibility index (Phi) is 6.88. The fraction of sp³-hybridized carbons (Fsp3) is 0.211. The van der Waals surface area contributed by atoms with Gasteiger partial charge in [0.1, 0.15) is 17.5 Å². The Labute approximate surface area is 178 Å². The number of hydrogen-bond acceptors (Lipinski definition) is 5. The molecule has 13 heteroatoms. The molecule has 2 amide bonds. The van der Waals surface area contributed by atoms with E-state index in [1.807, 2.05) is 0 Å². The van der Waals surface area contributed by atoms with Crippen LogP contribution in [0.15, 0.2) is 42.6 Å². The van der Waals surface area contributed by atoms with Gasteiger partial charge in [0.25, 0.3) is 0 Å². The highest BCUT2D eigenvalue weighted by Crippen LogP contribution is 2.29. The molecule has 0 fully saturated rings. The van der Waals surface area contributed by atoms with Gasteiger partial charge in [-0.05, 0) is 30.3 Å². The van der Waals surface area contributed by atoms with E-state index in [0.717, 1.165) is 12.1 Å². The second-order valence-corrected chi connectivity index (χ2v) is 6.45. The fourth-order valence-electron chi connectivity index (χ4n) is 2.67. The third-order valence-corrected chi connectivity index (χ3v) is 4.03. The molecule has 8 nitrogen and oxygen atoms in total. The molecular formula is C19H17F5N6O2. The number of urea groups is 1. The first-order chi connectivity index (χ1) is 15.2. The second-order valence-electron chi connectivity index (χ2n) is 6.45. The van der Waals surface area contributed by atoms with Crippen LogP contribution in [0.5, 0.6) is 0 Å². The first-order valence-electron chi connectivity index (χ1n) is 9.14. The van der Waals surface area contributed by atoms with Gasteiger partial charge in [0.05, 0.1) is 36.4 Å². The minimum Gasteiger partial charge on any atom is -0.395 e. The highest BCUT2D eigenvalue weighted by atomic mass is 19.4.